The lowest BCUT2D eigenvalue weighted by atomic mass is 9.90. The van der Waals surface area contributed by atoms with Gasteiger partial charge >= 0.3 is 0 Å². The van der Waals surface area contributed by atoms with Crippen LogP contribution in [0.1, 0.15) is 42.9 Å². The molecule has 0 saturated carbocycles. The molecule has 0 amide bonds. The summed E-state index contributed by atoms with van der Waals surface area (Å²) in [4.78, 5) is 11.7. The van der Waals surface area contributed by atoms with Gasteiger partial charge in [-0.2, -0.15) is 0 Å². The summed E-state index contributed by atoms with van der Waals surface area (Å²) >= 11 is 0. The van der Waals surface area contributed by atoms with Gasteiger partial charge in [0.25, 0.3) is 0 Å². The highest BCUT2D eigenvalue weighted by Gasteiger charge is 2.33. The Bertz CT molecular complexity index is 919. The summed E-state index contributed by atoms with van der Waals surface area (Å²) in [6.07, 6.45) is 2.79. The highest BCUT2D eigenvalue weighted by molar-refractivity contribution is 5.81. The predicted molar refractivity (Wildman–Crippen MR) is 116 cm³/mol. The fourth-order valence-corrected chi connectivity index (χ4v) is 4.19. The van der Waals surface area contributed by atoms with Crippen molar-refractivity contribution in [1.29, 1.82) is 0 Å². The summed E-state index contributed by atoms with van der Waals surface area (Å²) in [5.41, 5.74) is 6.09. The van der Waals surface area contributed by atoms with E-state index in [1.807, 2.05) is 0 Å². The normalized spacial score (nSPS) is 14.8. The molecule has 0 spiro atoms. The minimum absolute atomic E-state index is 0.180. The van der Waals surface area contributed by atoms with Gasteiger partial charge in [-0.15, -0.1) is 0 Å². The molecule has 144 valence electrons. The van der Waals surface area contributed by atoms with Crippen molar-refractivity contribution in [3.05, 3.63) is 77.6 Å². The fraction of sp³-hybridized carbons (Fsp3) is 0.333. The van der Waals surface area contributed by atoms with Gasteiger partial charge in [0.1, 0.15) is 12.1 Å². The van der Waals surface area contributed by atoms with E-state index in [0.717, 1.165) is 44.1 Å². The summed E-state index contributed by atoms with van der Waals surface area (Å²) in [6.45, 7) is 8.66. The van der Waals surface area contributed by atoms with Crippen LogP contribution >= 0.6 is 0 Å². The monoisotopic (exact) mass is 372 g/mol. The Balaban J connectivity index is 1.64. The minimum atomic E-state index is 0.180. The van der Waals surface area contributed by atoms with Crippen LogP contribution in [0.25, 0.3) is 11.3 Å². The SMILES string of the molecule is CCN(CC)CCCNc1ncnc2c1[C@H](c1ccccc1)c1ccccc1-2. The smallest absolute Gasteiger partial charge is 0.134 e. The summed E-state index contributed by atoms with van der Waals surface area (Å²) < 4.78 is 0. The number of nitrogens with one attached hydrogen (secondary N) is 1. The Morgan fingerprint density at radius 3 is 2.46 bits per heavy atom. The first kappa shape index (κ1) is 18.6. The van der Waals surface area contributed by atoms with Crippen LogP contribution in [0, 0.1) is 0 Å². The van der Waals surface area contributed by atoms with E-state index in [2.05, 4.69) is 88.6 Å². The van der Waals surface area contributed by atoms with E-state index in [-0.39, 0.29) is 5.92 Å². The summed E-state index contributed by atoms with van der Waals surface area (Å²) in [7, 11) is 0. The molecule has 4 nitrogen and oxygen atoms in total. The maximum atomic E-state index is 4.66. The van der Waals surface area contributed by atoms with Gasteiger partial charge in [0.2, 0.25) is 0 Å². The van der Waals surface area contributed by atoms with Gasteiger partial charge in [-0.25, -0.2) is 9.97 Å². The molecule has 28 heavy (non-hydrogen) atoms. The molecule has 0 unspecified atom stereocenters. The number of benzene rings is 2. The lowest BCUT2D eigenvalue weighted by Gasteiger charge is -2.19. The number of fused-ring (bicyclic) bond motifs is 3. The lowest BCUT2D eigenvalue weighted by molar-refractivity contribution is 0.303. The molecule has 2 aromatic carbocycles. The quantitative estimate of drug-likeness (QED) is 0.452. The van der Waals surface area contributed by atoms with Crippen LogP contribution in [0.2, 0.25) is 0 Å². The Hall–Kier alpha value is -2.72. The molecule has 0 aliphatic heterocycles. The van der Waals surface area contributed by atoms with E-state index in [9.17, 15) is 0 Å². The molecule has 4 rings (SSSR count). The van der Waals surface area contributed by atoms with Crippen molar-refractivity contribution < 1.29 is 0 Å². The van der Waals surface area contributed by atoms with E-state index in [4.69, 9.17) is 0 Å². The number of aromatic nitrogens is 2. The zero-order valence-corrected chi connectivity index (χ0v) is 16.7. The first-order valence-electron chi connectivity index (χ1n) is 10.3. The van der Waals surface area contributed by atoms with Crippen LogP contribution in [0.4, 0.5) is 5.82 Å². The highest BCUT2D eigenvalue weighted by atomic mass is 15.1. The van der Waals surface area contributed by atoms with Gasteiger partial charge in [-0.1, -0.05) is 68.4 Å². The Labute approximate surface area is 167 Å². The van der Waals surface area contributed by atoms with Crippen molar-refractivity contribution in [2.24, 2.45) is 0 Å². The van der Waals surface area contributed by atoms with Crippen LogP contribution in [-0.2, 0) is 0 Å². The largest absolute Gasteiger partial charge is 0.370 e. The molecule has 0 radical (unpaired) electrons. The van der Waals surface area contributed by atoms with Gasteiger partial charge in [0.15, 0.2) is 0 Å². The third-order valence-corrected chi connectivity index (χ3v) is 5.67. The van der Waals surface area contributed by atoms with Crippen LogP contribution in [0.3, 0.4) is 0 Å². The highest BCUT2D eigenvalue weighted by Crippen LogP contribution is 2.49. The third kappa shape index (κ3) is 3.52. The minimum Gasteiger partial charge on any atom is -0.370 e. The second-order valence-electron chi connectivity index (χ2n) is 7.22. The zero-order valence-electron chi connectivity index (χ0n) is 16.7. The maximum absolute atomic E-state index is 4.66. The summed E-state index contributed by atoms with van der Waals surface area (Å²) in [5, 5.41) is 3.61. The molecular weight excluding hydrogens is 344 g/mol. The van der Waals surface area contributed by atoms with E-state index in [1.165, 1.54) is 22.3 Å². The molecule has 1 aromatic heterocycles. The van der Waals surface area contributed by atoms with Crippen molar-refractivity contribution in [1.82, 2.24) is 14.9 Å². The topological polar surface area (TPSA) is 41.0 Å². The average Bonchev–Trinajstić information content (AvgIpc) is 3.10. The second-order valence-corrected chi connectivity index (χ2v) is 7.22. The van der Waals surface area contributed by atoms with Gasteiger partial charge in [0, 0.05) is 23.6 Å². The van der Waals surface area contributed by atoms with Crippen molar-refractivity contribution >= 4 is 5.82 Å². The van der Waals surface area contributed by atoms with Crippen LogP contribution in [0.15, 0.2) is 60.9 Å². The summed E-state index contributed by atoms with van der Waals surface area (Å²) in [5.74, 6) is 1.15. The van der Waals surface area contributed by atoms with Crippen molar-refractivity contribution in [2.75, 3.05) is 31.5 Å². The van der Waals surface area contributed by atoms with Crippen molar-refractivity contribution in [3.63, 3.8) is 0 Å². The number of anilines is 1. The molecule has 1 N–H and O–H groups in total. The molecule has 1 aliphatic rings. The molecule has 3 aromatic rings. The van der Waals surface area contributed by atoms with Gasteiger partial charge in [-0.05, 0) is 37.2 Å². The van der Waals surface area contributed by atoms with Gasteiger partial charge < -0.3 is 10.2 Å². The van der Waals surface area contributed by atoms with Crippen molar-refractivity contribution in [2.45, 2.75) is 26.2 Å². The number of nitrogens with zero attached hydrogens (tertiary/aromatic N) is 3. The van der Waals surface area contributed by atoms with E-state index in [0.29, 0.717) is 0 Å². The van der Waals surface area contributed by atoms with Crippen LogP contribution < -0.4 is 5.32 Å². The van der Waals surface area contributed by atoms with Gasteiger partial charge in [0.05, 0.1) is 5.69 Å². The van der Waals surface area contributed by atoms with E-state index >= 15 is 0 Å². The zero-order chi connectivity index (χ0) is 19.3. The van der Waals surface area contributed by atoms with Crippen LogP contribution in [-0.4, -0.2) is 41.0 Å². The Morgan fingerprint density at radius 1 is 0.929 bits per heavy atom. The Kier molecular flexibility index (Phi) is 5.68. The van der Waals surface area contributed by atoms with E-state index in [1.54, 1.807) is 6.33 Å². The first-order chi connectivity index (χ1) is 13.8. The molecule has 0 fully saturated rings. The van der Waals surface area contributed by atoms with Crippen LogP contribution in [0.5, 0.6) is 0 Å². The molecule has 4 heteroatoms. The first-order valence-corrected chi connectivity index (χ1v) is 10.3. The summed E-state index contributed by atoms with van der Waals surface area (Å²) in [6, 6.07) is 19.3. The molecule has 0 bridgehead atoms. The number of hydrogen-bond donors (Lipinski definition) is 1. The molecule has 1 atom stereocenters. The number of rotatable bonds is 8. The Morgan fingerprint density at radius 2 is 1.68 bits per heavy atom. The molecule has 1 heterocycles. The standard InChI is InChI=1S/C24H28N4/c1-3-28(4-2)16-10-15-25-24-22-21(18-11-6-5-7-12-18)19-13-8-9-14-20(19)23(22)26-17-27-24/h5-9,11-14,17,21H,3-4,10,15-16H2,1-2H3,(H,25,26,27)/t21-/m1/s1. The third-order valence-electron chi connectivity index (χ3n) is 5.67. The average molecular weight is 373 g/mol. The maximum Gasteiger partial charge on any atom is 0.134 e. The van der Waals surface area contributed by atoms with E-state index < -0.39 is 0 Å². The molecular formula is C24H28N4. The molecule has 1 aliphatic carbocycles. The lowest BCUT2D eigenvalue weighted by Crippen LogP contribution is -2.25. The number of hydrogen-bond acceptors (Lipinski definition) is 4. The predicted octanol–water partition coefficient (Wildman–Crippen LogP) is 4.78. The second kappa shape index (κ2) is 8.53. The van der Waals surface area contributed by atoms with Crippen molar-refractivity contribution in [3.8, 4) is 11.3 Å². The molecule has 0 saturated heterocycles. The fourth-order valence-electron chi connectivity index (χ4n) is 4.19. The van der Waals surface area contributed by atoms with Gasteiger partial charge in [-0.3, -0.25) is 0 Å².